The van der Waals surface area contributed by atoms with Crippen LogP contribution in [-0.4, -0.2) is 16.1 Å². The van der Waals surface area contributed by atoms with Gasteiger partial charge in [-0.25, -0.2) is 8.78 Å². The van der Waals surface area contributed by atoms with Gasteiger partial charge in [-0.15, -0.1) is 23.2 Å². The summed E-state index contributed by atoms with van der Waals surface area (Å²) in [5.41, 5.74) is -1.21. The van der Waals surface area contributed by atoms with E-state index in [0.717, 1.165) is 18.2 Å². The van der Waals surface area contributed by atoms with E-state index in [-0.39, 0.29) is 33.1 Å². The molecule has 0 aromatic heterocycles. The van der Waals surface area contributed by atoms with Crippen LogP contribution in [0.4, 0.5) is 33.3 Å². The first-order valence-corrected chi connectivity index (χ1v) is 12.2. The Balaban J connectivity index is 1.55. The third-order valence-corrected chi connectivity index (χ3v) is 7.71. The third-order valence-electron chi connectivity index (χ3n) is 5.94. The van der Waals surface area contributed by atoms with E-state index in [9.17, 15) is 31.5 Å². The maximum absolute atomic E-state index is 13.9. The highest BCUT2D eigenvalue weighted by Gasteiger charge is 2.67. The zero-order valence-corrected chi connectivity index (χ0v) is 22.0. The summed E-state index contributed by atoms with van der Waals surface area (Å²) in [6, 6.07) is 8.62. The number of nitrogens with one attached hydrogen (secondary N) is 2. The summed E-state index contributed by atoms with van der Waals surface area (Å²) in [6.07, 6.45) is -4.73. The highest BCUT2D eigenvalue weighted by molar-refractivity contribution is 6.53. The molecule has 4 rings (SSSR count). The molecule has 4 nitrogen and oxygen atoms in total. The van der Waals surface area contributed by atoms with Crippen LogP contribution in [0.1, 0.15) is 33.0 Å². The van der Waals surface area contributed by atoms with Gasteiger partial charge < -0.3 is 10.6 Å². The first-order chi connectivity index (χ1) is 17.6. The smallest absolute Gasteiger partial charge is 0.326 e. The van der Waals surface area contributed by atoms with Gasteiger partial charge in [-0.3, -0.25) is 9.59 Å². The number of anilines is 2. The van der Waals surface area contributed by atoms with Crippen LogP contribution in [-0.2, 0) is 11.0 Å². The van der Waals surface area contributed by atoms with Gasteiger partial charge >= 0.3 is 6.18 Å². The number of alkyl halides is 5. The van der Waals surface area contributed by atoms with E-state index in [2.05, 4.69) is 10.6 Å². The Hall–Kier alpha value is -2.59. The maximum Gasteiger partial charge on any atom is 0.417 e. The largest absolute Gasteiger partial charge is 0.417 e. The van der Waals surface area contributed by atoms with Crippen molar-refractivity contribution in [2.75, 3.05) is 10.6 Å². The zero-order valence-electron chi connectivity index (χ0n) is 19.0. The minimum atomic E-state index is -4.73. The standard InChI is InChI=1S/C25H15Cl4F5N2O2/c1-10-6-11(7-15(21(10)27)25(32,33)34)19-20(24(19,28)29)23(38)35-13-3-4-16(26)14(9-13)22(37)36-18-5-2-12(30)8-17(18)31/h2-9,19-20H,1H3,(H,35,38)(H,36,37). The Morgan fingerprint density at radius 1 is 0.947 bits per heavy atom. The van der Waals surface area contributed by atoms with Crippen molar-refractivity contribution in [3.05, 3.63) is 92.5 Å². The van der Waals surface area contributed by atoms with Crippen LogP contribution in [0.25, 0.3) is 0 Å². The van der Waals surface area contributed by atoms with Crippen LogP contribution in [0.5, 0.6) is 0 Å². The number of carbonyl (C=O) groups excluding carboxylic acids is 2. The Morgan fingerprint density at radius 3 is 2.26 bits per heavy atom. The summed E-state index contributed by atoms with van der Waals surface area (Å²) >= 11 is 24.5. The van der Waals surface area contributed by atoms with Crippen molar-refractivity contribution in [2.45, 2.75) is 23.4 Å². The summed E-state index contributed by atoms with van der Waals surface area (Å²) in [4.78, 5) is 25.6. The number of hydrogen-bond acceptors (Lipinski definition) is 2. The Kier molecular flexibility index (Phi) is 7.62. The van der Waals surface area contributed by atoms with E-state index in [1.54, 1.807) is 0 Å². The molecule has 1 aliphatic carbocycles. The van der Waals surface area contributed by atoms with Gasteiger partial charge in [0.15, 0.2) is 0 Å². The van der Waals surface area contributed by atoms with Crippen LogP contribution in [0.2, 0.25) is 10.0 Å². The number of rotatable bonds is 5. The number of amides is 2. The third kappa shape index (κ3) is 5.57. The summed E-state index contributed by atoms with van der Waals surface area (Å²) in [7, 11) is 0. The number of halogens is 9. The molecule has 2 unspecified atom stereocenters. The second-order valence-electron chi connectivity index (χ2n) is 8.59. The predicted octanol–water partition coefficient (Wildman–Crippen LogP) is 8.38. The van der Waals surface area contributed by atoms with Gasteiger partial charge in [-0.1, -0.05) is 29.3 Å². The quantitative estimate of drug-likeness (QED) is 0.225. The first kappa shape index (κ1) is 28.4. The number of benzene rings is 3. The topological polar surface area (TPSA) is 58.2 Å². The predicted molar refractivity (Wildman–Crippen MR) is 136 cm³/mol. The fraction of sp³-hybridized carbons (Fsp3) is 0.200. The van der Waals surface area contributed by atoms with Gasteiger partial charge in [0.25, 0.3) is 5.91 Å². The molecule has 13 heteroatoms. The fourth-order valence-corrected chi connectivity index (χ4v) is 5.28. The van der Waals surface area contributed by atoms with Gasteiger partial charge in [-0.2, -0.15) is 13.2 Å². The lowest BCUT2D eigenvalue weighted by atomic mass is 10.0. The normalized spacial score (nSPS) is 18.2. The fourth-order valence-electron chi connectivity index (χ4n) is 4.03. The first-order valence-electron chi connectivity index (χ1n) is 10.7. The molecule has 0 bridgehead atoms. The van der Waals surface area contributed by atoms with Crippen molar-refractivity contribution < 1.29 is 31.5 Å². The van der Waals surface area contributed by atoms with Crippen LogP contribution >= 0.6 is 46.4 Å². The van der Waals surface area contributed by atoms with Gasteiger partial charge in [-0.05, 0) is 54.4 Å². The second kappa shape index (κ2) is 10.2. The second-order valence-corrected chi connectivity index (χ2v) is 10.8. The molecule has 200 valence electrons. The summed E-state index contributed by atoms with van der Waals surface area (Å²) in [6.45, 7) is 1.39. The van der Waals surface area contributed by atoms with Gasteiger partial charge in [0.05, 0.1) is 32.8 Å². The molecule has 1 saturated carbocycles. The molecule has 0 saturated heterocycles. The molecule has 1 aliphatic rings. The van der Waals surface area contributed by atoms with E-state index in [1.807, 2.05) is 0 Å². The monoisotopic (exact) mass is 610 g/mol. The Bertz CT molecular complexity index is 1460. The van der Waals surface area contributed by atoms with E-state index < -0.39 is 56.4 Å². The minimum Gasteiger partial charge on any atom is -0.326 e. The summed E-state index contributed by atoms with van der Waals surface area (Å²) in [5, 5.41) is 4.27. The minimum absolute atomic E-state index is 0.0346. The van der Waals surface area contributed by atoms with E-state index in [1.165, 1.54) is 31.2 Å². The maximum atomic E-state index is 13.9. The highest BCUT2D eigenvalue weighted by Crippen LogP contribution is 2.65. The summed E-state index contributed by atoms with van der Waals surface area (Å²) < 4.78 is 65.6. The molecule has 38 heavy (non-hydrogen) atoms. The molecule has 0 heterocycles. The number of hydrogen-bond donors (Lipinski definition) is 2. The molecule has 0 radical (unpaired) electrons. The van der Waals surface area contributed by atoms with Crippen LogP contribution in [0.3, 0.4) is 0 Å². The Morgan fingerprint density at radius 2 is 1.63 bits per heavy atom. The van der Waals surface area contributed by atoms with Crippen molar-refractivity contribution in [1.82, 2.24) is 0 Å². The van der Waals surface area contributed by atoms with Crippen LogP contribution < -0.4 is 10.6 Å². The molecule has 0 spiro atoms. The Labute approximate surface area is 233 Å². The lowest BCUT2D eigenvalue weighted by molar-refractivity contribution is -0.137. The van der Waals surface area contributed by atoms with Gasteiger partial charge in [0, 0.05) is 17.7 Å². The molecule has 3 aromatic rings. The van der Waals surface area contributed by atoms with Crippen LogP contribution in [0, 0.1) is 24.5 Å². The van der Waals surface area contributed by atoms with E-state index >= 15 is 0 Å². The summed E-state index contributed by atoms with van der Waals surface area (Å²) in [5.74, 6) is -5.51. The lowest BCUT2D eigenvalue weighted by Crippen LogP contribution is -2.18. The van der Waals surface area contributed by atoms with Crippen molar-refractivity contribution in [3.63, 3.8) is 0 Å². The molecule has 1 fully saturated rings. The van der Waals surface area contributed by atoms with Crippen molar-refractivity contribution in [2.24, 2.45) is 5.92 Å². The molecule has 2 N–H and O–H groups in total. The van der Waals surface area contributed by atoms with E-state index in [4.69, 9.17) is 46.4 Å². The lowest BCUT2D eigenvalue weighted by Gasteiger charge is -2.13. The van der Waals surface area contributed by atoms with Crippen molar-refractivity contribution in [3.8, 4) is 0 Å². The van der Waals surface area contributed by atoms with Crippen molar-refractivity contribution in [1.29, 1.82) is 0 Å². The average Bonchev–Trinajstić information content (AvgIpc) is 3.39. The number of aryl methyl sites for hydroxylation is 1. The molecule has 0 aliphatic heterocycles. The molecule has 3 aromatic carbocycles. The van der Waals surface area contributed by atoms with Crippen LogP contribution in [0.15, 0.2) is 48.5 Å². The molecular weight excluding hydrogens is 597 g/mol. The SMILES string of the molecule is Cc1cc(C2C(C(=O)Nc3ccc(Cl)c(C(=O)Nc4ccc(F)cc4F)c3)C2(Cl)Cl)cc(C(F)(F)F)c1Cl. The van der Waals surface area contributed by atoms with Gasteiger partial charge in [0.2, 0.25) is 5.91 Å². The zero-order chi connectivity index (χ0) is 28.2. The van der Waals surface area contributed by atoms with E-state index in [0.29, 0.717) is 6.07 Å². The van der Waals surface area contributed by atoms with Crippen molar-refractivity contribution >= 4 is 69.6 Å². The highest BCUT2D eigenvalue weighted by atomic mass is 35.5. The number of carbonyl (C=O) groups is 2. The van der Waals surface area contributed by atoms with Gasteiger partial charge in [0.1, 0.15) is 16.0 Å². The average molecular weight is 612 g/mol. The molecule has 2 amide bonds. The molecule has 2 atom stereocenters. The molecular formula is C25H15Cl4F5N2O2.